The SMILES string of the molecule is Cc1cc(C(=O)Nc2ccc(-n3cnnn3)cc2)n(-c2cccc(C(N)=O)c2)n1. The lowest BCUT2D eigenvalue weighted by Gasteiger charge is -2.10. The first-order chi connectivity index (χ1) is 14.0. The third-order valence-corrected chi connectivity index (χ3v) is 4.18. The van der Waals surface area contributed by atoms with E-state index in [9.17, 15) is 9.59 Å². The van der Waals surface area contributed by atoms with E-state index in [2.05, 4.69) is 25.9 Å². The summed E-state index contributed by atoms with van der Waals surface area (Å²) in [6, 6.07) is 15.4. The van der Waals surface area contributed by atoms with Gasteiger partial charge in [-0.25, -0.2) is 9.36 Å². The zero-order valence-electron chi connectivity index (χ0n) is 15.4. The molecule has 0 unspecified atom stereocenters. The molecule has 2 aromatic heterocycles. The molecule has 0 saturated heterocycles. The van der Waals surface area contributed by atoms with Crippen LogP contribution in [0, 0.1) is 6.92 Å². The van der Waals surface area contributed by atoms with Crippen LogP contribution in [-0.2, 0) is 0 Å². The van der Waals surface area contributed by atoms with Crippen molar-refractivity contribution in [2.24, 2.45) is 5.73 Å². The molecule has 10 nitrogen and oxygen atoms in total. The van der Waals surface area contributed by atoms with Crippen molar-refractivity contribution >= 4 is 17.5 Å². The van der Waals surface area contributed by atoms with E-state index in [0.717, 1.165) is 5.69 Å². The molecule has 144 valence electrons. The third-order valence-electron chi connectivity index (χ3n) is 4.18. The van der Waals surface area contributed by atoms with Gasteiger partial charge in [0, 0.05) is 11.3 Å². The van der Waals surface area contributed by atoms with Gasteiger partial charge in [-0.15, -0.1) is 5.10 Å². The van der Waals surface area contributed by atoms with Crippen LogP contribution in [0.3, 0.4) is 0 Å². The summed E-state index contributed by atoms with van der Waals surface area (Å²) in [6.07, 6.45) is 1.48. The smallest absolute Gasteiger partial charge is 0.274 e. The van der Waals surface area contributed by atoms with Gasteiger partial charge >= 0.3 is 0 Å². The fraction of sp³-hybridized carbons (Fsp3) is 0.0526. The molecule has 2 amide bonds. The van der Waals surface area contributed by atoms with Gasteiger partial charge in [0.2, 0.25) is 5.91 Å². The molecule has 2 heterocycles. The predicted molar refractivity (Wildman–Crippen MR) is 104 cm³/mol. The van der Waals surface area contributed by atoms with Crippen molar-refractivity contribution in [1.82, 2.24) is 30.0 Å². The topological polar surface area (TPSA) is 134 Å². The van der Waals surface area contributed by atoms with E-state index in [0.29, 0.717) is 28.3 Å². The highest BCUT2D eigenvalue weighted by molar-refractivity contribution is 6.03. The number of aryl methyl sites for hydroxylation is 1. The molecule has 10 heteroatoms. The number of aromatic nitrogens is 6. The van der Waals surface area contributed by atoms with Crippen LogP contribution in [0.25, 0.3) is 11.4 Å². The van der Waals surface area contributed by atoms with Crippen molar-refractivity contribution in [3.8, 4) is 11.4 Å². The van der Waals surface area contributed by atoms with Gasteiger partial charge in [-0.3, -0.25) is 9.59 Å². The van der Waals surface area contributed by atoms with Crippen molar-refractivity contribution < 1.29 is 9.59 Å². The van der Waals surface area contributed by atoms with Gasteiger partial charge in [-0.1, -0.05) is 6.07 Å². The molecule has 29 heavy (non-hydrogen) atoms. The lowest BCUT2D eigenvalue weighted by molar-refractivity contribution is 0.0997. The molecule has 4 rings (SSSR count). The van der Waals surface area contributed by atoms with E-state index in [4.69, 9.17) is 5.73 Å². The predicted octanol–water partition coefficient (Wildman–Crippen LogP) is 1.51. The third kappa shape index (κ3) is 3.72. The van der Waals surface area contributed by atoms with E-state index >= 15 is 0 Å². The van der Waals surface area contributed by atoms with E-state index in [1.54, 1.807) is 61.5 Å². The van der Waals surface area contributed by atoms with Gasteiger partial charge in [-0.05, 0) is 65.9 Å². The maximum Gasteiger partial charge on any atom is 0.274 e. The van der Waals surface area contributed by atoms with Crippen LogP contribution < -0.4 is 11.1 Å². The first-order valence-electron chi connectivity index (χ1n) is 8.63. The molecule has 2 aromatic carbocycles. The van der Waals surface area contributed by atoms with Crippen LogP contribution in [0.4, 0.5) is 5.69 Å². The number of benzene rings is 2. The second-order valence-corrected chi connectivity index (χ2v) is 6.25. The summed E-state index contributed by atoms with van der Waals surface area (Å²) in [5, 5.41) is 18.2. The first kappa shape index (κ1) is 18.0. The second-order valence-electron chi connectivity index (χ2n) is 6.25. The number of rotatable bonds is 5. The van der Waals surface area contributed by atoms with E-state index in [1.807, 2.05) is 0 Å². The molecule has 4 aromatic rings. The molecule has 0 saturated carbocycles. The van der Waals surface area contributed by atoms with Crippen LogP contribution in [0.15, 0.2) is 60.9 Å². The van der Waals surface area contributed by atoms with Gasteiger partial charge in [0.15, 0.2) is 0 Å². The Bertz CT molecular complexity index is 1180. The molecule has 0 aliphatic heterocycles. The van der Waals surface area contributed by atoms with Crippen molar-refractivity contribution in [2.75, 3.05) is 5.32 Å². The van der Waals surface area contributed by atoms with Crippen molar-refractivity contribution in [2.45, 2.75) is 6.92 Å². The number of hydrogen-bond acceptors (Lipinski definition) is 6. The Morgan fingerprint density at radius 1 is 1.03 bits per heavy atom. The maximum absolute atomic E-state index is 12.9. The van der Waals surface area contributed by atoms with E-state index in [1.165, 1.54) is 15.7 Å². The van der Waals surface area contributed by atoms with Gasteiger partial charge in [0.1, 0.15) is 12.0 Å². The Hall–Kier alpha value is -4.34. The van der Waals surface area contributed by atoms with Gasteiger partial charge in [0.25, 0.3) is 5.91 Å². The number of amides is 2. The highest BCUT2D eigenvalue weighted by atomic mass is 16.2. The van der Waals surface area contributed by atoms with E-state index in [-0.39, 0.29) is 5.91 Å². The molecule has 0 fully saturated rings. The Balaban J connectivity index is 1.60. The normalized spacial score (nSPS) is 10.7. The number of nitrogens with zero attached hydrogens (tertiary/aromatic N) is 6. The summed E-state index contributed by atoms with van der Waals surface area (Å²) >= 11 is 0. The second kappa shape index (κ2) is 7.35. The fourth-order valence-corrected chi connectivity index (χ4v) is 2.82. The molecule has 0 aliphatic rings. The molecule has 0 atom stereocenters. The summed E-state index contributed by atoms with van der Waals surface area (Å²) in [7, 11) is 0. The van der Waals surface area contributed by atoms with Crippen LogP contribution in [0.2, 0.25) is 0 Å². The molecular weight excluding hydrogens is 372 g/mol. The summed E-state index contributed by atoms with van der Waals surface area (Å²) in [5.74, 6) is -0.894. The van der Waals surface area contributed by atoms with Gasteiger partial charge in [-0.2, -0.15) is 5.10 Å². The summed E-state index contributed by atoms with van der Waals surface area (Å²) in [5.41, 5.74) is 8.60. The van der Waals surface area contributed by atoms with Crippen LogP contribution in [0.1, 0.15) is 26.5 Å². The highest BCUT2D eigenvalue weighted by Crippen LogP contribution is 2.17. The lowest BCUT2D eigenvalue weighted by atomic mass is 10.2. The molecule has 0 spiro atoms. The largest absolute Gasteiger partial charge is 0.366 e. The zero-order valence-corrected chi connectivity index (χ0v) is 15.4. The fourth-order valence-electron chi connectivity index (χ4n) is 2.82. The number of carbonyl (C=O) groups excluding carboxylic acids is 2. The van der Waals surface area contributed by atoms with Gasteiger partial charge in [0.05, 0.1) is 17.1 Å². The molecule has 0 aliphatic carbocycles. The number of nitrogens with two attached hydrogens (primary N) is 1. The number of primary amides is 1. The quantitative estimate of drug-likeness (QED) is 0.532. The first-order valence-corrected chi connectivity index (χ1v) is 8.63. The minimum absolute atomic E-state index is 0.327. The monoisotopic (exact) mass is 388 g/mol. The molecule has 0 bridgehead atoms. The van der Waals surface area contributed by atoms with Gasteiger partial charge < -0.3 is 11.1 Å². The standard InChI is InChI=1S/C19H16N8O2/c1-12-9-17(27(23-12)16-4-2-3-13(10-16)18(20)28)19(29)22-14-5-7-15(8-6-14)26-11-21-24-25-26/h2-11H,1H3,(H2,20,28)(H,22,29). The summed E-state index contributed by atoms with van der Waals surface area (Å²) < 4.78 is 2.99. The number of tetrazole rings is 1. The highest BCUT2D eigenvalue weighted by Gasteiger charge is 2.16. The summed E-state index contributed by atoms with van der Waals surface area (Å²) in [6.45, 7) is 1.78. The van der Waals surface area contributed by atoms with Crippen molar-refractivity contribution in [3.05, 3.63) is 77.9 Å². The Labute approximate surface area is 165 Å². The number of hydrogen-bond donors (Lipinski definition) is 2. The van der Waals surface area contributed by atoms with Crippen LogP contribution in [0.5, 0.6) is 0 Å². The Kier molecular flexibility index (Phi) is 4.57. The molecule has 3 N–H and O–H groups in total. The lowest BCUT2D eigenvalue weighted by Crippen LogP contribution is -2.17. The Morgan fingerprint density at radius 2 is 1.83 bits per heavy atom. The van der Waals surface area contributed by atoms with Crippen molar-refractivity contribution in [3.63, 3.8) is 0 Å². The maximum atomic E-state index is 12.9. The number of carbonyl (C=O) groups is 2. The van der Waals surface area contributed by atoms with Crippen molar-refractivity contribution in [1.29, 1.82) is 0 Å². The average Bonchev–Trinajstić information content (AvgIpc) is 3.38. The average molecular weight is 388 g/mol. The minimum atomic E-state index is -0.551. The number of nitrogens with one attached hydrogen (secondary N) is 1. The zero-order chi connectivity index (χ0) is 20.4. The van der Waals surface area contributed by atoms with E-state index < -0.39 is 5.91 Å². The summed E-state index contributed by atoms with van der Waals surface area (Å²) in [4.78, 5) is 24.3. The minimum Gasteiger partial charge on any atom is -0.366 e. The Morgan fingerprint density at radius 3 is 2.52 bits per heavy atom. The number of anilines is 1. The van der Waals surface area contributed by atoms with Crippen LogP contribution >= 0.6 is 0 Å². The molecule has 0 radical (unpaired) electrons. The van der Waals surface area contributed by atoms with Crippen LogP contribution in [-0.4, -0.2) is 41.8 Å². The molecular formula is C19H16N8O2.